The van der Waals surface area contributed by atoms with Crippen molar-refractivity contribution in [2.45, 2.75) is 13.1 Å². The van der Waals surface area contributed by atoms with Crippen LogP contribution in [-0.4, -0.2) is 36.6 Å². The van der Waals surface area contributed by atoms with E-state index in [2.05, 4.69) is 25.6 Å². The standard InChI is InChI=1S/C14H14ClN7O/c1-9(21-4-3-10(15)5-14(21)23)22-8-12(19-20-22)11-6-17-7-13(16-2)18-11/h3-9H,1-2H3,(H,16,18). The van der Waals surface area contributed by atoms with Crippen LogP contribution in [0.3, 0.4) is 0 Å². The minimum absolute atomic E-state index is 0.209. The Bertz CT molecular complexity index is 889. The van der Waals surface area contributed by atoms with Crippen molar-refractivity contribution >= 4 is 17.4 Å². The van der Waals surface area contributed by atoms with E-state index in [1.54, 1.807) is 42.6 Å². The van der Waals surface area contributed by atoms with Gasteiger partial charge < -0.3 is 5.32 Å². The summed E-state index contributed by atoms with van der Waals surface area (Å²) in [5.41, 5.74) is 0.959. The van der Waals surface area contributed by atoms with Gasteiger partial charge in [0, 0.05) is 24.3 Å². The molecule has 1 atom stereocenters. The predicted molar refractivity (Wildman–Crippen MR) is 86.4 cm³/mol. The molecule has 0 aliphatic rings. The summed E-state index contributed by atoms with van der Waals surface area (Å²) in [6, 6.07) is 3.01. The van der Waals surface area contributed by atoms with Gasteiger partial charge in [0.25, 0.3) is 5.56 Å². The smallest absolute Gasteiger partial charge is 0.253 e. The van der Waals surface area contributed by atoms with Crippen LogP contribution in [0.5, 0.6) is 0 Å². The summed E-state index contributed by atoms with van der Waals surface area (Å²) in [7, 11) is 1.76. The fourth-order valence-electron chi connectivity index (χ4n) is 2.09. The molecule has 1 unspecified atom stereocenters. The zero-order valence-electron chi connectivity index (χ0n) is 12.5. The summed E-state index contributed by atoms with van der Waals surface area (Å²) in [6.45, 7) is 1.84. The molecule has 3 aromatic heterocycles. The maximum Gasteiger partial charge on any atom is 0.253 e. The molecule has 0 saturated carbocycles. The van der Waals surface area contributed by atoms with Gasteiger partial charge in [-0.15, -0.1) is 5.10 Å². The van der Waals surface area contributed by atoms with E-state index < -0.39 is 0 Å². The van der Waals surface area contributed by atoms with E-state index in [1.807, 2.05) is 6.92 Å². The first-order chi connectivity index (χ1) is 11.1. The molecule has 3 aromatic rings. The maximum absolute atomic E-state index is 12.0. The summed E-state index contributed by atoms with van der Waals surface area (Å²) in [5, 5.41) is 11.5. The molecule has 0 aliphatic heterocycles. The Kier molecular flexibility index (Phi) is 4.07. The average molecular weight is 332 g/mol. The average Bonchev–Trinajstić information content (AvgIpc) is 3.04. The third-order valence-electron chi connectivity index (χ3n) is 3.36. The van der Waals surface area contributed by atoms with Gasteiger partial charge in [-0.2, -0.15) is 0 Å². The fourth-order valence-corrected chi connectivity index (χ4v) is 2.24. The normalized spacial score (nSPS) is 12.1. The van der Waals surface area contributed by atoms with Gasteiger partial charge in [0.15, 0.2) is 0 Å². The molecule has 118 valence electrons. The van der Waals surface area contributed by atoms with Gasteiger partial charge in [-0.05, 0) is 13.0 Å². The van der Waals surface area contributed by atoms with Crippen molar-refractivity contribution in [3.05, 3.63) is 52.3 Å². The number of pyridine rings is 1. The molecule has 23 heavy (non-hydrogen) atoms. The zero-order chi connectivity index (χ0) is 16.4. The summed E-state index contributed by atoms with van der Waals surface area (Å²) in [6.07, 6.45) is 6.22. The van der Waals surface area contributed by atoms with Crippen molar-refractivity contribution in [3.8, 4) is 11.4 Å². The molecule has 0 aliphatic carbocycles. The second kappa shape index (κ2) is 6.17. The van der Waals surface area contributed by atoms with Gasteiger partial charge in [-0.1, -0.05) is 16.8 Å². The lowest BCUT2D eigenvalue weighted by molar-refractivity contribution is 0.405. The summed E-state index contributed by atoms with van der Waals surface area (Å²) >= 11 is 5.81. The number of rotatable bonds is 4. The first-order valence-corrected chi connectivity index (χ1v) is 7.26. The minimum atomic E-state index is -0.346. The lowest BCUT2D eigenvalue weighted by atomic mass is 10.3. The highest BCUT2D eigenvalue weighted by molar-refractivity contribution is 6.30. The number of hydrogen-bond donors (Lipinski definition) is 1. The van der Waals surface area contributed by atoms with Crippen LogP contribution in [0.1, 0.15) is 13.1 Å². The van der Waals surface area contributed by atoms with Crippen LogP contribution in [0, 0.1) is 0 Å². The lowest BCUT2D eigenvalue weighted by Crippen LogP contribution is -2.26. The fraction of sp³-hybridized carbons (Fsp3) is 0.214. The van der Waals surface area contributed by atoms with E-state index in [1.165, 1.54) is 10.6 Å². The number of anilines is 1. The molecule has 0 radical (unpaired) electrons. The lowest BCUT2D eigenvalue weighted by Gasteiger charge is -2.14. The summed E-state index contributed by atoms with van der Waals surface area (Å²) < 4.78 is 3.10. The van der Waals surface area contributed by atoms with Crippen molar-refractivity contribution in [3.63, 3.8) is 0 Å². The van der Waals surface area contributed by atoms with E-state index in [0.717, 1.165) is 0 Å². The van der Waals surface area contributed by atoms with E-state index in [-0.39, 0.29) is 11.7 Å². The quantitative estimate of drug-likeness (QED) is 0.782. The Hall–Kier alpha value is -2.74. The molecule has 3 rings (SSSR count). The van der Waals surface area contributed by atoms with Gasteiger partial charge in [0.2, 0.25) is 0 Å². The van der Waals surface area contributed by atoms with Crippen LogP contribution in [-0.2, 0) is 0 Å². The number of hydrogen-bond acceptors (Lipinski definition) is 6. The van der Waals surface area contributed by atoms with Gasteiger partial charge in [-0.3, -0.25) is 14.3 Å². The highest BCUT2D eigenvalue weighted by Crippen LogP contribution is 2.16. The van der Waals surface area contributed by atoms with E-state index in [0.29, 0.717) is 22.2 Å². The van der Waals surface area contributed by atoms with Crippen molar-refractivity contribution in [2.24, 2.45) is 0 Å². The number of halogens is 1. The molecular formula is C14H14ClN7O. The molecule has 0 saturated heterocycles. The summed E-state index contributed by atoms with van der Waals surface area (Å²) in [4.78, 5) is 20.5. The number of nitrogens with zero attached hydrogens (tertiary/aromatic N) is 6. The van der Waals surface area contributed by atoms with Gasteiger partial charge >= 0.3 is 0 Å². The van der Waals surface area contributed by atoms with E-state index >= 15 is 0 Å². The highest BCUT2D eigenvalue weighted by atomic mass is 35.5. The van der Waals surface area contributed by atoms with Crippen LogP contribution < -0.4 is 10.9 Å². The Morgan fingerprint density at radius 2 is 2.13 bits per heavy atom. The third kappa shape index (κ3) is 3.07. The van der Waals surface area contributed by atoms with Gasteiger partial charge in [0.1, 0.15) is 23.4 Å². The van der Waals surface area contributed by atoms with E-state index in [9.17, 15) is 4.79 Å². The molecule has 9 heteroatoms. The Labute approximate surface area is 136 Å². The maximum atomic E-state index is 12.0. The van der Waals surface area contributed by atoms with Crippen molar-refractivity contribution in [2.75, 3.05) is 12.4 Å². The topological polar surface area (TPSA) is 90.5 Å². The van der Waals surface area contributed by atoms with Crippen LogP contribution in [0.4, 0.5) is 5.82 Å². The molecular weight excluding hydrogens is 318 g/mol. The molecule has 0 bridgehead atoms. The van der Waals surface area contributed by atoms with Crippen molar-refractivity contribution in [1.29, 1.82) is 0 Å². The molecule has 0 fully saturated rings. The van der Waals surface area contributed by atoms with E-state index in [4.69, 9.17) is 11.6 Å². The second-order valence-electron chi connectivity index (χ2n) is 4.85. The van der Waals surface area contributed by atoms with Gasteiger partial charge in [-0.25, -0.2) is 9.67 Å². The first kappa shape index (κ1) is 15.2. The molecule has 3 heterocycles. The molecule has 0 aromatic carbocycles. The second-order valence-corrected chi connectivity index (χ2v) is 5.28. The van der Waals surface area contributed by atoms with Gasteiger partial charge in [0.05, 0.1) is 18.6 Å². The van der Waals surface area contributed by atoms with Crippen LogP contribution in [0.2, 0.25) is 5.02 Å². The number of nitrogens with one attached hydrogen (secondary N) is 1. The largest absolute Gasteiger partial charge is 0.372 e. The van der Waals surface area contributed by atoms with Crippen LogP contribution >= 0.6 is 11.6 Å². The molecule has 0 spiro atoms. The minimum Gasteiger partial charge on any atom is -0.372 e. The SMILES string of the molecule is CNc1cncc(-c2cn(C(C)n3ccc(Cl)cc3=O)nn2)n1. The summed E-state index contributed by atoms with van der Waals surface area (Å²) in [5.74, 6) is 0.638. The highest BCUT2D eigenvalue weighted by Gasteiger charge is 2.13. The zero-order valence-corrected chi connectivity index (χ0v) is 13.3. The molecule has 0 amide bonds. The van der Waals surface area contributed by atoms with Crippen LogP contribution in [0.25, 0.3) is 11.4 Å². The molecule has 1 N–H and O–H groups in total. The Morgan fingerprint density at radius 1 is 1.30 bits per heavy atom. The Balaban J connectivity index is 1.93. The van der Waals surface area contributed by atoms with Crippen LogP contribution in [0.15, 0.2) is 41.7 Å². The predicted octanol–water partition coefficient (Wildman–Crippen LogP) is 1.66. The third-order valence-corrected chi connectivity index (χ3v) is 3.59. The Morgan fingerprint density at radius 3 is 2.87 bits per heavy atom. The van der Waals surface area contributed by atoms with Crippen molar-refractivity contribution < 1.29 is 0 Å². The first-order valence-electron chi connectivity index (χ1n) is 6.88. The molecule has 8 nitrogen and oxygen atoms in total. The van der Waals surface area contributed by atoms with Crippen molar-refractivity contribution in [1.82, 2.24) is 29.5 Å². The number of aromatic nitrogens is 6. The monoisotopic (exact) mass is 331 g/mol.